The predicted octanol–water partition coefficient (Wildman–Crippen LogP) is 2.57. The molecule has 184 valence electrons. The molecule has 5 aliphatic rings. The zero-order chi connectivity index (χ0) is 24.0. The van der Waals surface area contributed by atoms with E-state index in [-0.39, 0.29) is 0 Å². The molecule has 0 radical (unpaired) electrons. The van der Waals surface area contributed by atoms with Crippen molar-refractivity contribution in [3.05, 3.63) is 54.5 Å². The summed E-state index contributed by atoms with van der Waals surface area (Å²) in [6, 6.07) is 10.4. The van der Waals surface area contributed by atoms with E-state index in [0.29, 0.717) is 5.95 Å². The van der Waals surface area contributed by atoms with E-state index >= 15 is 0 Å². The van der Waals surface area contributed by atoms with Gasteiger partial charge in [0, 0.05) is 89.2 Å². The van der Waals surface area contributed by atoms with Gasteiger partial charge in [-0.1, -0.05) is 12.1 Å². The molecule has 8 rings (SSSR count). The number of likely N-dealkylation sites (N-methyl/N-ethyl adjacent to an activating group) is 1. The van der Waals surface area contributed by atoms with Crippen molar-refractivity contribution in [3.8, 4) is 11.3 Å². The number of benzene rings is 1. The summed E-state index contributed by atoms with van der Waals surface area (Å²) in [5.41, 5.74) is 3.96. The molecule has 0 unspecified atom stereocenters. The summed E-state index contributed by atoms with van der Waals surface area (Å²) >= 11 is 0. The summed E-state index contributed by atoms with van der Waals surface area (Å²) in [6.07, 6.45) is 6.52. The van der Waals surface area contributed by atoms with Crippen molar-refractivity contribution in [1.82, 2.24) is 34.6 Å². The molecule has 2 aromatic heterocycles. The monoisotopic (exact) mass is 473 g/mol. The van der Waals surface area contributed by atoms with Gasteiger partial charge in [0.2, 0.25) is 11.9 Å². The number of nitrogens with zero attached hydrogens (tertiary/aromatic N) is 8. The molecule has 35 heavy (non-hydrogen) atoms. The lowest BCUT2D eigenvalue weighted by atomic mass is 10.1. The third-order valence-corrected chi connectivity index (χ3v) is 6.82. The lowest BCUT2D eigenvalue weighted by Crippen LogP contribution is -2.47. The number of anilines is 3. The van der Waals surface area contributed by atoms with Crippen LogP contribution in [0.5, 0.6) is 0 Å². The molecule has 0 spiro atoms. The van der Waals surface area contributed by atoms with Crippen molar-refractivity contribution < 1.29 is 0 Å². The van der Waals surface area contributed by atoms with Gasteiger partial charge in [-0.3, -0.25) is 9.80 Å². The number of nitrogens with one attached hydrogen (secondary N) is 1. The number of piperazine rings is 1. The van der Waals surface area contributed by atoms with Crippen molar-refractivity contribution in [2.75, 3.05) is 76.7 Å². The van der Waals surface area contributed by atoms with Crippen molar-refractivity contribution >= 4 is 17.6 Å². The molecule has 8 bridgehead atoms. The first-order valence-corrected chi connectivity index (χ1v) is 12.5. The van der Waals surface area contributed by atoms with Crippen LogP contribution in [-0.2, 0) is 6.54 Å². The first-order valence-electron chi connectivity index (χ1n) is 12.5. The maximum atomic E-state index is 4.71. The third kappa shape index (κ3) is 6.30. The predicted molar refractivity (Wildman–Crippen MR) is 140 cm³/mol. The molecule has 0 amide bonds. The molecule has 9 nitrogen and oxygen atoms in total. The van der Waals surface area contributed by atoms with E-state index in [1.807, 2.05) is 18.5 Å². The SMILES string of the molecule is CN1CCCN(C)c2ncc(cn2)-c2ccnc(n2)Nc2cccc(c2)CN2CCN(CC1)CC2. The Morgan fingerprint density at radius 3 is 2.40 bits per heavy atom. The Balaban J connectivity index is 1.37. The minimum atomic E-state index is 0.567. The molecule has 3 aromatic rings. The topological polar surface area (TPSA) is 76.5 Å². The van der Waals surface area contributed by atoms with Crippen LogP contribution in [0, 0.1) is 0 Å². The normalized spacial score (nSPS) is 22.1. The van der Waals surface area contributed by atoms with Crippen LogP contribution in [-0.4, -0.2) is 101 Å². The fourth-order valence-electron chi connectivity index (χ4n) is 4.64. The van der Waals surface area contributed by atoms with E-state index in [1.54, 1.807) is 6.20 Å². The average Bonchev–Trinajstić information content (AvgIpc) is 2.88. The van der Waals surface area contributed by atoms with Crippen LogP contribution in [0.3, 0.4) is 0 Å². The number of rotatable bonds is 0. The zero-order valence-corrected chi connectivity index (χ0v) is 20.8. The summed E-state index contributed by atoms with van der Waals surface area (Å²) in [6.45, 7) is 9.64. The van der Waals surface area contributed by atoms with Crippen LogP contribution in [0.15, 0.2) is 48.9 Å². The maximum Gasteiger partial charge on any atom is 0.227 e. The van der Waals surface area contributed by atoms with Crippen LogP contribution in [0.25, 0.3) is 11.3 Å². The Morgan fingerprint density at radius 1 is 0.800 bits per heavy atom. The van der Waals surface area contributed by atoms with Crippen LogP contribution in [0.1, 0.15) is 12.0 Å². The molecule has 0 saturated carbocycles. The molecule has 1 fully saturated rings. The Labute approximate surface area is 207 Å². The average molecular weight is 474 g/mol. The third-order valence-electron chi connectivity index (χ3n) is 6.82. The standard InChI is InChI=1S/C26H35N9/c1-32-9-4-10-33(2)26-28-18-22(19-29-26)24-7-8-27-25(31-24)30-23-6-3-5-21(17-23)20-35-15-13-34(12-11-32)14-16-35/h3,5-8,17-19H,4,9-16,20H2,1-2H3,(H,27,30,31). The van der Waals surface area contributed by atoms with E-state index in [2.05, 4.69) is 78.2 Å². The fourth-order valence-corrected chi connectivity index (χ4v) is 4.64. The van der Waals surface area contributed by atoms with Gasteiger partial charge in [-0.2, -0.15) is 0 Å². The molecule has 7 heterocycles. The Hall–Kier alpha value is -3.14. The summed E-state index contributed by atoms with van der Waals surface area (Å²) in [5.74, 6) is 1.30. The van der Waals surface area contributed by atoms with Gasteiger partial charge in [0.25, 0.3) is 0 Å². The maximum absolute atomic E-state index is 4.71. The largest absolute Gasteiger partial charge is 0.344 e. The van der Waals surface area contributed by atoms with Gasteiger partial charge < -0.3 is 15.1 Å². The molecular formula is C26H35N9. The molecule has 0 atom stereocenters. The van der Waals surface area contributed by atoms with E-state index in [0.717, 1.165) is 88.2 Å². The smallest absolute Gasteiger partial charge is 0.227 e. The van der Waals surface area contributed by atoms with Gasteiger partial charge in [-0.05, 0) is 43.8 Å². The van der Waals surface area contributed by atoms with Crippen molar-refractivity contribution in [2.24, 2.45) is 0 Å². The molecule has 1 saturated heterocycles. The van der Waals surface area contributed by atoms with Gasteiger partial charge in [-0.25, -0.2) is 19.9 Å². The van der Waals surface area contributed by atoms with Crippen molar-refractivity contribution in [3.63, 3.8) is 0 Å². The molecular weight excluding hydrogens is 438 g/mol. The quantitative estimate of drug-likeness (QED) is 0.530. The minimum Gasteiger partial charge on any atom is -0.344 e. The van der Waals surface area contributed by atoms with E-state index in [1.165, 1.54) is 5.56 Å². The van der Waals surface area contributed by atoms with Gasteiger partial charge in [0.1, 0.15) is 0 Å². The lowest BCUT2D eigenvalue weighted by molar-refractivity contribution is 0.118. The zero-order valence-electron chi connectivity index (χ0n) is 20.8. The first-order chi connectivity index (χ1) is 17.1. The lowest BCUT2D eigenvalue weighted by Gasteiger charge is -2.35. The highest BCUT2D eigenvalue weighted by Crippen LogP contribution is 2.21. The van der Waals surface area contributed by atoms with Crippen LogP contribution in [0.2, 0.25) is 0 Å². The highest BCUT2D eigenvalue weighted by Gasteiger charge is 2.17. The molecule has 9 heteroatoms. The van der Waals surface area contributed by atoms with Crippen LogP contribution < -0.4 is 10.2 Å². The van der Waals surface area contributed by atoms with E-state index in [4.69, 9.17) is 4.98 Å². The summed E-state index contributed by atoms with van der Waals surface area (Å²) < 4.78 is 0. The Morgan fingerprint density at radius 2 is 1.57 bits per heavy atom. The Bertz CT molecular complexity index is 1100. The van der Waals surface area contributed by atoms with Crippen LogP contribution in [0.4, 0.5) is 17.6 Å². The van der Waals surface area contributed by atoms with Gasteiger partial charge >= 0.3 is 0 Å². The summed E-state index contributed by atoms with van der Waals surface area (Å²) in [5, 5.41) is 3.37. The van der Waals surface area contributed by atoms with Crippen molar-refractivity contribution in [1.29, 1.82) is 0 Å². The second kappa shape index (κ2) is 11.1. The van der Waals surface area contributed by atoms with E-state index < -0.39 is 0 Å². The summed E-state index contributed by atoms with van der Waals surface area (Å²) in [7, 11) is 4.27. The Kier molecular flexibility index (Phi) is 7.46. The molecule has 0 aliphatic carbocycles. The minimum absolute atomic E-state index is 0.567. The number of hydrogen-bond acceptors (Lipinski definition) is 9. The van der Waals surface area contributed by atoms with Crippen LogP contribution >= 0.6 is 0 Å². The van der Waals surface area contributed by atoms with Gasteiger partial charge in [-0.15, -0.1) is 0 Å². The highest BCUT2D eigenvalue weighted by molar-refractivity contribution is 5.61. The van der Waals surface area contributed by atoms with Gasteiger partial charge in [0.15, 0.2) is 0 Å². The number of hydrogen-bond donors (Lipinski definition) is 1. The van der Waals surface area contributed by atoms with Gasteiger partial charge in [0.05, 0.1) is 5.69 Å². The van der Waals surface area contributed by atoms with Crippen molar-refractivity contribution in [2.45, 2.75) is 13.0 Å². The second-order valence-corrected chi connectivity index (χ2v) is 9.56. The molecule has 1 N–H and O–H groups in total. The summed E-state index contributed by atoms with van der Waals surface area (Å²) in [4.78, 5) is 28.0. The molecule has 1 aromatic carbocycles. The highest BCUT2D eigenvalue weighted by atomic mass is 15.3. The first kappa shape index (κ1) is 23.6. The van der Waals surface area contributed by atoms with E-state index in [9.17, 15) is 0 Å². The second-order valence-electron chi connectivity index (χ2n) is 9.56. The fraction of sp³-hybridized carbons (Fsp3) is 0.462. The number of aromatic nitrogens is 4. The molecule has 5 aliphatic heterocycles.